The van der Waals surface area contributed by atoms with Gasteiger partial charge < -0.3 is 0 Å². The smallest absolute Gasteiger partial charge is 0.207 e. The summed E-state index contributed by atoms with van der Waals surface area (Å²) in [4.78, 5) is -0.208. The van der Waals surface area contributed by atoms with Crippen LogP contribution >= 0.6 is 15.9 Å². The molecule has 1 saturated heterocycles. The fourth-order valence-corrected chi connectivity index (χ4v) is 5.50. The van der Waals surface area contributed by atoms with E-state index in [0.29, 0.717) is 29.4 Å². The first kappa shape index (κ1) is 15.4. The molecule has 3 nitrogen and oxygen atoms in total. The molecule has 2 aliphatic rings. The highest BCUT2D eigenvalue weighted by atomic mass is 79.9. The predicted octanol–water partition coefficient (Wildman–Crippen LogP) is 3.79. The summed E-state index contributed by atoms with van der Waals surface area (Å²) in [5.41, 5.74) is 0. The Bertz CT molecular complexity index is 635. The second kappa shape index (κ2) is 5.97. The average molecular weight is 376 g/mol. The van der Waals surface area contributed by atoms with Gasteiger partial charge in [0.1, 0.15) is 10.7 Å². The summed E-state index contributed by atoms with van der Waals surface area (Å²) < 4.78 is 41.4. The Hall–Kier alpha value is -0.460. The summed E-state index contributed by atoms with van der Waals surface area (Å²) in [6, 6.07) is 4.13. The predicted molar refractivity (Wildman–Crippen MR) is 82.9 cm³/mol. The van der Waals surface area contributed by atoms with Crippen LogP contribution in [0, 0.1) is 17.7 Å². The molecule has 1 aliphatic carbocycles. The van der Waals surface area contributed by atoms with Gasteiger partial charge in [-0.05, 0) is 42.9 Å². The highest BCUT2D eigenvalue weighted by Gasteiger charge is 2.37. The lowest BCUT2D eigenvalue weighted by atomic mass is 9.76. The maximum atomic E-state index is 14.0. The molecular weight excluding hydrogens is 357 g/mol. The van der Waals surface area contributed by atoms with Gasteiger partial charge in [0.2, 0.25) is 10.0 Å². The number of sulfonamides is 1. The third-order valence-electron chi connectivity index (χ3n) is 4.77. The Morgan fingerprint density at radius 2 is 1.86 bits per heavy atom. The lowest BCUT2D eigenvalue weighted by Crippen LogP contribution is -2.44. The van der Waals surface area contributed by atoms with Crippen molar-refractivity contribution in [3.05, 3.63) is 28.5 Å². The minimum absolute atomic E-state index is 0.208. The molecule has 2 unspecified atom stereocenters. The summed E-state index contributed by atoms with van der Waals surface area (Å²) in [6.45, 7) is 1.06. The van der Waals surface area contributed by atoms with Crippen LogP contribution in [0.15, 0.2) is 27.6 Å². The van der Waals surface area contributed by atoms with Crippen molar-refractivity contribution in [3.63, 3.8) is 0 Å². The number of rotatable bonds is 2. The summed E-state index contributed by atoms with van der Waals surface area (Å²) in [5, 5.41) is 0. The fourth-order valence-electron chi connectivity index (χ4n) is 3.61. The van der Waals surface area contributed by atoms with Crippen molar-refractivity contribution in [1.82, 2.24) is 4.31 Å². The molecule has 3 rings (SSSR count). The van der Waals surface area contributed by atoms with Gasteiger partial charge in [-0.15, -0.1) is 0 Å². The number of hydrogen-bond donors (Lipinski definition) is 0. The average Bonchev–Trinajstić information content (AvgIpc) is 2.46. The molecule has 21 heavy (non-hydrogen) atoms. The molecule has 0 bridgehead atoms. The van der Waals surface area contributed by atoms with E-state index < -0.39 is 15.8 Å². The zero-order valence-corrected chi connectivity index (χ0v) is 14.2. The Kier molecular flexibility index (Phi) is 4.39. The van der Waals surface area contributed by atoms with E-state index in [2.05, 4.69) is 15.9 Å². The Morgan fingerprint density at radius 3 is 2.57 bits per heavy atom. The highest BCUT2D eigenvalue weighted by Crippen LogP contribution is 2.38. The highest BCUT2D eigenvalue weighted by molar-refractivity contribution is 9.10. The Labute approximate surface area is 133 Å². The van der Waals surface area contributed by atoms with Crippen LogP contribution in [0.1, 0.15) is 32.1 Å². The molecule has 0 radical (unpaired) electrons. The molecule has 116 valence electrons. The van der Waals surface area contributed by atoms with Crippen molar-refractivity contribution >= 4 is 26.0 Å². The van der Waals surface area contributed by atoms with Crippen LogP contribution in [0.4, 0.5) is 4.39 Å². The van der Waals surface area contributed by atoms with E-state index in [4.69, 9.17) is 0 Å². The standard InChI is InChI=1S/C15H19BrFNO2S/c16-13-5-6-15(14(17)9-13)21(19,20)18-8-7-11-3-1-2-4-12(11)10-18/h5-6,9,11-12H,1-4,7-8,10H2. The summed E-state index contributed by atoms with van der Waals surface area (Å²) in [7, 11) is -3.72. The monoisotopic (exact) mass is 375 g/mol. The molecule has 1 aromatic carbocycles. The fraction of sp³-hybridized carbons (Fsp3) is 0.600. The lowest BCUT2D eigenvalue weighted by Gasteiger charge is -2.40. The summed E-state index contributed by atoms with van der Waals surface area (Å²) in [5.74, 6) is 0.413. The molecule has 6 heteroatoms. The largest absolute Gasteiger partial charge is 0.245 e. The maximum Gasteiger partial charge on any atom is 0.245 e. The molecular formula is C15H19BrFNO2S. The molecule has 0 amide bonds. The van der Waals surface area contributed by atoms with Crippen LogP contribution in [0.2, 0.25) is 0 Å². The molecule has 1 aromatic rings. The van der Waals surface area contributed by atoms with Crippen LogP contribution in [0.5, 0.6) is 0 Å². The van der Waals surface area contributed by atoms with E-state index in [0.717, 1.165) is 12.8 Å². The number of halogens is 2. The SMILES string of the molecule is O=S(=O)(c1ccc(Br)cc1F)N1CCC2CCCCC2C1. The van der Waals surface area contributed by atoms with E-state index in [-0.39, 0.29) is 4.90 Å². The van der Waals surface area contributed by atoms with Crippen LogP contribution in [0.3, 0.4) is 0 Å². The molecule has 1 heterocycles. The van der Waals surface area contributed by atoms with Crippen molar-refractivity contribution in [2.24, 2.45) is 11.8 Å². The molecule has 2 fully saturated rings. The summed E-state index contributed by atoms with van der Waals surface area (Å²) in [6.07, 6.45) is 5.66. The molecule has 1 aliphatic heterocycles. The van der Waals surface area contributed by atoms with Crippen LogP contribution in [0.25, 0.3) is 0 Å². The Morgan fingerprint density at radius 1 is 1.14 bits per heavy atom. The van der Waals surface area contributed by atoms with Crippen molar-refractivity contribution in [2.75, 3.05) is 13.1 Å². The third-order valence-corrected chi connectivity index (χ3v) is 7.16. The zero-order chi connectivity index (χ0) is 15.0. The first-order valence-electron chi connectivity index (χ1n) is 7.43. The first-order chi connectivity index (χ1) is 9.98. The number of hydrogen-bond acceptors (Lipinski definition) is 2. The normalized spacial score (nSPS) is 27.3. The van der Waals surface area contributed by atoms with Gasteiger partial charge in [-0.25, -0.2) is 12.8 Å². The van der Waals surface area contributed by atoms with Crippen molar-refractivity contribution in [3.8, 4) is 0 Å². The molecule has 2 atom stereocenters. The summed E-state index contributed by atoms with van der Waals surface area (Å²) >= 11 is 3.16. The number of benzene rings is 1. The van der Waals surface area contributed by atoms with E-state index in [1.165, 1.54) is 35.7 Å². The van der Waals surface area contributed by atoms with E-state index in [9.17, 15) is 12.8 Å². The van der Waals surface area contributed by atoms with Crippen LogP contribution < -0.4 is 0 Å². The van der Waals surface area contributed by atoms with Gasteiger partial charge in [0.25, 0.3) is 0 Å². The van der Waals surface area contributed by atoms with Gasteiger partial charge >= 0.3 is 0 Å². The first-order valence-corrected chi connectivity index (χ1v) is 9.67. The quantitative estimate of drug-likeness (QED) is 0.788. The lowest BCUT2D eigenvalue weighted by molar-refractivity contribution is 0.136. The second-order valence-corrected chi connectivity index (χ2v) is 8.85. The van der Waals surface area contributed by atoms with E-state index in [1.54, 1.807) is 6.07 Å². The zero-order valence-electron chi connectivity index (χ0n) is 11.8. The number of piperidine rings is 1. The van der Waals surface area contributed by atoms with Crippen molar-refractivity contribution < 1.29 is 12.8 Å². The van der Waals surface area contributed by atoms with E-state index >= 15 is 0 Å². The van der Waals surface area contributed by atoms with Gasteiger partial charge in [-0.3, -0.25) is 0 Å². The van der Waals surface area contributed by atoms with Crippen LogP contribution in [-0.2, 0) is 10.0 Å². The maximum absolute atomic E-state index is 14.0. The Balaban J connectivity index is 1.85. The van der Waals surface area contributed by atoms with Crippen molar-refractivity contribution in [2.45, 2.75) is 37.0 Å². The van der Waals surface area contributed by atoms with Gasteiger partial charge in [0.15, 0.2) is 0 Å². The molecule has 0 aromatic heterocycles. The van der Waals surface area contributed by atoms with E-state index in [1.807, 2.05) is 0 Å². The molecule has 1 saturated carbocycles. The molecule has 0 N–H and O–H groups in total. The van der Waals surface area contributed by atoms with Gasteiger partial charge in [-0.1, -0.05) is 35.2 Å². The van der Waals surface area contributed by atoms with Gasteiger partial charge in [0, 0.05) is 17.6 Å². The van der Waals surface area contributed by atoms with Crippen molar-refractivity contribution in [1.29, 1.82) is 0 Å². The molecule has 0 spiro atoms. The number of nitrogens with zero attached hydrogens (tertiary/aromatic N) is 1. The number of fused-ring (bicyclic) bond motifs is 1. The van der Waals surface area contributed by atoms with Gasteiger partial charge in [0.05, 0.1) is 0 Å². The second-order valence-electron chi connectivity index (χ2n) is 6.03. The third kappa shape index (κ3) is 3.03. The minimum atomic E-state index is -3.72. The van der Waals surface area contributed by atoms with Gasteiger partial charge in [-0.2, -0.15) is 4.31 Å². The van der Waals surface area contributed by atoms with Crippen LogP contribution in [-0.4, -0.2) is 25.8 Å². The topological polar surface area (TPSA) is 37.4 Å². The minimum Gasteiger partial charge on any atom is -0.207 e.